The standard InChI is InChI=1S/C20H21ClN2O4S/c1-13-4-6-14(7-5-13)22-18(24)11-23(2)19(25)12-27-20(26)16-10-15(28-3)8-9-17(16)21/h4-10H,11-12H2,1-3H3,(H,22,24). The number of ether oxygens (including phenoxy) is 1. The molecule has 0 heterocycles. The van der Waals surface area contributed by atoms with Gasteiger partial charge in [0.05, 0.1) is 17.1 Å². The predicted molar refractivity (Wildman–Crippen MR) is 111 cm³/mol. The van der Waals surface area contributed by atoms with E-state index in [1.54, 1.807) is 30.3 Å². The highest BCUT2D eigenvalue weighted by Gasteiger charge is 2.18. The Balaban J connectivity index is 1.85. The maximum atomic E-state index is 12.2. The fourth-order valence-electron chi connectivity index (χ4n) is 2.24. The normalized spacial score (nSPS) is 10.3. The quantitative estimate of drug-likeness (QED) is 0.546. The van der Waals surface area contributed by atoms with Crippen molar-refractivity contribution in [1.29, 1.82) is 0 Å². The van der Waals surface area contributed by atoms with Crippen molar-refractivity contribution in [1.82, 2.24) is 4.90 Å². The van der Waals surface area contributed by atoms with E-state index < -0.39 is 18.5 Å². The summed E-state index contributed by atoms with van der Waals surface area (Å²) in [6, 6.07) is 12.3. The predicted octanol–water partition coefficient (Wildman–Crippen LogP) is 3.62. The molecule has 0 unspecified atom stereocenters. The second-order valence-corrected chi connectivity index (χ2v) is 7.37. The summed E-state index contributed by atoms with van der Waals surface area (Å²) in [5.74, 6) is -1.53. The number of halogens is 1. The first-order valence-electron chi connectivity index (χ1n) is 8.41. The van der Waals surface area contributed by atoms with E-state index in [4.69, 9.17) is 16.3 Å². The fourth-order valence-corrected chi connectivity index (χ4v) is 2.88. The molecule has 28 heavy (non-hydrogen) atoms. The molecule has 0 saturated heterocycles. The first-order valence-corrected chi connectivity index (χ1v) is 10.0. The maximum Gasteiger partial charge on any atom is 0.340 e. The third kappa shape index (κ3) is 6.28. The van der Waals surface area contributed by atoms with Crippen molar-refractivity contribution in [2.75, 3.05) is 31.8 Å². The average molecular weight is 421 g/mol. The van der Waals surface area contributed by atoms with Gasteiger partial charge in [-0.05, 0) is 43.5 Å². The fraction of sp³-hybridized carbons (Fsp3) is 0.250. The van der Waals surface area contributed by atoms with Crippen LogP contribution in [0.2, 0.25) is 5.02 Å². The van der Waals surface area contributed by atoms with Crippen molar-refractivity contribution < 1.29 is 19.1 Å². The van der Waals surface area contributed by atoms with Crippen molar-refractivity contribution in [3.05, 3.63) is 58.6 Å². The molecular weight excluding hydrogens is 400 g/mol. The van der Waals surface area contributed by atoms with Crippen molar-refractivity contribution >= 4 is 46.8 Å². The number of esters is 1. The number of likely N-dealkylation sites (N-methyl/N-ethyl adjacent to an activating group) is 1. The molecule has 2 amide bonds. The Bertz CT molecular complexity index is 871. The first-order chi connectivity index (χ1) is 13.3. The number of carbonyl (C=O) groups is 3. The minimum absolute atomic E-state index is 0.160. The number of thioether (sulfide) groups is 1. The molecule has 0 fully saturated rings. The Morgan fingerprint density at radius 1 is 1.14 bits per heavy atom. The summed E-state index contributed by atoms with van der Waals surface area (Å²) < 4.78 is 5.05. The molecule has 0 saturated carbocycles. The van der Waals surface area contributed by atoms with Gasteiger partial charge in [0.25, 0.3) is 5.91 Å². The Kier molecular flexibility index (Phi) is 7.90. The third-order valence-electron chi connectivity index (χ3n) is 3.86. The van der Waals surface area contributed by atoms with Crippen LogP contribution in [0.1, 0.15) is 15.9 Å². The summed E-state index contributed by atoms with van der Waals surface area (Å²) >= 11 is 7.48. The van der Waals surface area contributed by atoms with E-state index >= 15 is 0 Å². The lowest BCUT2D eigenvalue weighted by molar-refractivity contribution is -0.136. The number of hydrogen-bond donors (Lipinski definition) is 1. The summed E-state index contributed by atoms with van der Waals surface area (Å²) in [4.78, 5) is 38.4. The molecule has 0 aromatic heterocycles. The van der Waals surface area contributed by atoms with E-state index in [1.165, 1.54) is 23.7 Å². The van der Waals surface area contributed by atoms with Crippen LogP contribution in [0.4, 0.5) is 5.69 Å². The van der Waals surface area contributed by atoms with Crippen LogP contribution < -0.4 is 5.32 Å². The molecule has 2 aromatic carbocycles. The molecule has 0 aliphatic rings. The van der Waals surface area contributed by atoms with E-state index in [2.05, 4.69) is 5.32 Å². The van der Waals surface area contributed by atoms with E-state index in [1.807, 2.05) is 25.3 Å². The van der Waals surface area contributed by atoms with Gasteiger partial charge in [-0.25, -0.2) is 4.79 Å². The highest BCUT2D eigenvalue weighted by atomic mass is 35.5. The summed E-state index contributed by atoms with van der Waals surface area (Å²) in [5, 5.41) is 2.96. The lowest BCUT2D eigenvalue weighted by atomic mass is 10.2. The van der Waals surface area contributed by atoms with Gasteiger partial charge in [0.15, 0.2) is 6.61 Å². The zero-order valence-corrected chi connectivity index (χ0v) is 17.4. The first kappa shape index (κ1) is 21.8. The van der Waals surface area contributed by atoms with Gasteiger partial charge < -0.3 is 15.0 Å². The van der Waals surface area contributed by atoms with Crippen LogP contribution >= 0.6 is 23.4 Å². The minimum atomic E-state index is -0.688. The number of amides is 2. The van der Waals surface area contributed by atoms with Crippen LogP contribution in [0.25, 0.3) is 0 Å². The van der Waals surface area contributed by atoms with Gasteiger partial charge in [-0.3, -0.25) is 9.59 Å². The lowest BCUT2D eigenvalue weighted by Crippen LogP contribution is -2.37. The van der Waals surface area contributed by atoms with Gasteiger partial charge in [0.1, 0.15) is 0 Å². The number of hydrogen-bond acceptors (Lipinski definition) is 5. The van der Waals surface area contributed by atoms with Gasteiger partial charge in [0, 0.05) is 17.6 Å². The largest absolute Gasteiger partial charge is 0.452 e. The highest BCUT2D eigenvalue weighted by Crippen LogP contribution is 2.23. The summed E-state index contributed by atoms with van der Waals surface area (Å²) in [6.45, 7) is 1.31. The molecule has 2 aromatic rings. The Labute approximate surface area is 173 Å². The molecule has 2 rings (SSSR count). The van der Waals surface area contributed by atoms with Crippen molar-refractivity contribution in [3.63, 3.8) is 0 Å². The van der Waals surface area contributed by atoms with Crippen LogP contribution in [0.5, 0.6) is 0 Å². The monoisotopic (exact) mass is 420 g/mol. The molecule has 0 bridgehead atoms. The maximum absolute atomic E-state index is 12.2. The van der Waals surface area contributed by atoms with Crippen LogP contribution in [0, 0.1) is 6.92 Å². The third-order valence-corrected chi connectivity index (χ3v) is 4.92. The van der Waals surface area contributed by atoms with Crippen molar-refractivity contribution in [2.24, 2.45) is 0 Å². The Hall–Kier alpha value is -2.51. The molecular formula is C20H21ClN2O4S. The second kappa shape index (κ2) is 10.1. The van der Waals surface area contributed by atoms with Gasteiger partial charge in [0.2, 0.25) is 5.91 Å². The summed E-state index contributed by atoms with van der Waals surface area (Å²) in [6.07, 6.45) is 1.87. The van der Waals surface area contributed by atoms with Crippen molar-refractivity contribution in [2.45, 2.75) is 11.8 Å². The molecule has 0 aliphatic carbocycles. The van der Waals surface area contributed by atoms with Gasteiger partial charge in [-0.1, -0.05) is 29.3 Å². The summed E-state index contributed by atoms with van der Waals surface area (Å²) in [7, 11) is 1.46. The minimum Gasteiger partial charge on any atom is -0.452 e. The molecule has 6 nitrogen and oxygen atoms in total. The van der Waals surface area contributed by atoms with Gasteiger partial charge in [-0.15, -0.1) is 11.8 Å². The number of nitrogens with zero attached hydrogens (tertiary/aromatic N) is 1. The molecule has 0 spiro atoms. The highest BCUT2D eigenvalue weighted by molar-refractivity contribution is 7.98. The number of carbonyl (C=O) groups excluding carboxylic acids is 3. The lowest BCUT2D eigenvalue weighted by Gasteiger charge is -2.17. The number of benzene rings is 2. The average Bonchev–Trinajstić information content (AvgIpc) is 2.67. The number of anilines is 1. The van der Waals surface area contributed by atoms with E-state index in [9.17, 15) is 14.4 Å². The number of rotatable bonds is 7. The molecule has 0 atom stereocenters. The van der Waals surface area contributed by atoms with Gasteiger partial charge >= 0.3 is 5.97 Å². The van der Waals surface area contributed by atoms with Gasteiger partial charge in [-0.2, -0.15) is 0 Å². The SMILES string of the molecule is CSc1ccc(Cl)c(C(=O)OCC(=O)N(C)CC(=O)Nc2ccc(C)cc2)c1. The Morgan fingerprint density at radius 3 is 2.46 bits per heavy atom. The smallest absolute Gasteiger partial charge is 0.340 e. The van der Waals surface area contributed by atoms with Crippen LogP contribution in [-0.4, -0.2) is 49.1 Å². The molecule has 0 radical (unpaired) electrons. The molecule has 8 heteroatoms. The van der Waals surface area contributed by atoms with E-state index in [-0.39, 0.29) is 23.0 Å². The van der Waals surface area contributed by atoms with Crippen molar-refractivity contribution in [3.8, 4) is 0 Å². The summed E-state index contributed by atoms with van der Waals surface area (Å²) in [5.41, 5.74) is 1.92. The van der Waals surface area contributed by atoms with E-state index in [0.29, 0.717) is 5.69 Å². The molecule has 1 N–H and O–H groups in total. The number of nitrogens with one attached hydrogen (secondary N) is 1. The topological polar surface area (TPSA) is 75.7 Å². The molecule has 0 aliphatic heterocycles. The van der Waals surface area contributed by atoms with E-state index in [0.717, 1.165) is 10.5 Å². The van der Waals surface area contributed by atoms with Crippen LogP contribution in [0.3, 0.4) is 0 Å². The zero-order chi connectivity index (χ0) is 20.7. The Morgan fingerprint density at radius 2 is 1.82 bits per heavy atom. The molecule has 148 valence electrons. The zero-order valence-electron chi connectivity index (χ0n) is 15.8. The number of aryl methyl sites for hydroxylation is 1. The van der Waals surface area contributed by atoms with Crippen LogP contribution in [0.15, 0.2) is 47.4 Å². The second-order valence-electron chi connectivity index (χ2n) is 6.09. The van der Waals surface area contributed by atoms with Crippen LogP contribution in [-0.2, 0) is 14.3 Å².